The number of hydrogen-bond acceptors (Lipinski definition) is 1. The van der Waals surface area contributed by atoms with Gasteiger partial charge in [-0.15, -0.1) is 0 Å². The summed E-state index contributed by atoms with van der Waals surface area (Å²) in [5.74, 6) is 1.70. The van der Waals surface area contributed by atoms with E-state index in [1.807, 2.05) is 0 Å². The second kappa shape index (κ2) is 5.97. The van der Waals surface area contributed by atoms with E-state index >= 15 is 0 Å². The molecule has 1 aliphatic carbocycles. The maximum atomic E-state index is 3.59. The van der Waals surface area contributed by atoms with Gasteiger partial charge in [-0.25, -0.2) is 0 Å². The molecule has 0 aliphatic heterocycles. The molecule has 0 radical (unpaired) electrons. The van der Waals surface area contributed by atoms with Gasteiger partial charge in [0.1, 0.15) is 0 Å². The van der Waals surface area contributed by atoms with Gasteiger partial charge in [-0.05, 0) is 48.1 Å². The van der Waals surface area contributed by atoms with Crippen LogP contribution in [0.3, 0.4) is 0 Å². The van der Waals surface area contributed by atoms with E-state index in [0.29, 0.717) is 6.04 Å². The Morgan fingerprint density at radius 1 is 1.10 bits per heavy atom. The average molecular weight is 267 g/mol. The van der Waals surface area contributed by atoms with E-state index < -0.39 is 0 Å². The lowest BCUT2D eigenvalue weighted by Crippen LogP contribution is -2.36. The van der Waals surface area contributed by atoms with E-state index in [9.17, 15) is 0 Å². The van der Waals surface area contributed by atoms with Crippen molar-refractivity contribution in [2.45, 2.75) is 38.6 Å². The second-order valence-corrected chi connectivity index (χ2v) is 6.31. The number of likely N-dealkylation sites (N-methyl/N-ethyl adjacent to an activating group) is 1. The van der Waals surface area contributed by atoms with Gasteiger partial charge in [0.25, 0.3) is 0 Å². The Kier molecular flexibility index (Phi) is 4.07. The molecule has 1 heteroatoms. The minimum atomic E-state index is 0.610. The number of rotatable bonds is 4. The highest BCUT2D eigenvalue weighted by Gasteiger charge is 2.30. The standard InChI is InChI=1S/C19H25N/c1-14-7-5-12-17(14)19(20-2)13-16-10-6-9-15-8-3-4-11-18(15)16/h3-4,6,8-11,14,17,19-20H,5,7,12-13H2,1-2H3. The van der Waals surface area contributed by atoms with Crippen molar-refractivity contribution in [2.75, 3.05) is 7.05 Å². The van der Waals surface area contributed by atoms with Gasteiger partial charge in [0, 0.05) is 6.04 Å². The Balaban J connectivity index is 1.87. The molecule has 20 heavy (non-hydrogen) atoms. The fraction of sp³-hybridized carbons (Fsp3) is 0.474. The summed E-state index contributed by atoms with van der Waals surface area (Å²) >= 11 is 0. The Morgan fingerprint density at radius 3 is 2.65 bits per heavy atom. The van der Waals surface area contributed by atoms with Crippen molar-refractivity contribution in [1.29, 1.82) is 0 Å². The lowest BCUT2D eigenvalue weighted by atomic mass is 9.85. The van der Waals surface area contributed by atoms with Gasteiger partial charge in [0.05, 0.1) is 0 Å². The van der Waals surface area contributed by atoms with Gasteiger partial charge in [-0.2, -0.15) is 0 Å². The molecule has 1 aliphatic rings. The quantitative estimate of drug-likeness (QED) is 0.865. The third-order valence-electron chi connectivity index (χ3n) is 5.14. The van der Waals surface area contributed by atoms with Crippen LogP contribution in [-0.2, 0) is 6.42 Å². The molecular formula is C19H25N. The van der Waals surface area contributed by atoms with Crippen LogP contribution in [-0.4, -0.2) is 13.1 Å². The summed E-state index contributed by atoms with van der Waals surface area (Å²) in [5, 5.41) is 6.37. The van der Waals surface area contributed by atoms with Crippen molar-refractivity contribution in [3.63, 3.8) is 0 Å². The third-order valence-corrected chi connectivity index (χ3v) is 5.14. The number of nitrogens with one attached hydrogen (secondary N) is 1. The van der Waals surface area contributed by atoms with E-state index in [-0.39, 0.29) is 0 Å². The van der Waals surface area contributed by atoms with E-state index in [0.717, 1.165) is 18.3 Å². The van der Waals surface area contributed by atoms with Crippen LogP contribution in [0.2, 0.25) is 0 Å². The van der Waals surface area contributed by atoms with Gasteiger partial charge in [0.15, 0.2) is 0 Å². The van der Waals surface area contributed by atoms with Crippen LogP contribution in [0.1, 0.15) is 31.7 Å². The maximum absolute atomic E-state index is 3.59. The van der Waals surface area contributed by atoms with E-state index in [1.165, 1.54) is 35.6 Å². The fourth-order valence-electron chi connectivity index (χ4n) is 3.95. The summed E-state index contributed by atoms with van der Waals surface area (Å²) in [5.41, 5.74) is 1.49. The maximum Gasteiger partial charge on any atom is 0.0135 e. The molecule has 0 bridgehead atoms. The second-order valence-electron chi connectivity index (χ2n) is 6.31. The van der Waals surface area contributed by atoms with Gasteiger partial charge < -0.3 is 5.32 Å². The highest BCUT2D eigenvalue weighted by Crippen LogP contribution is 2.35. The zero-order valence-electron chi connectivity index (χ0n) is 12.6. The molecule has 1 N–H and O–H groups in total. The first-order chi connectivity index (χ1) is 9.79. The summed E-state index contributed by atoms with van der Waals surface area (Å²) in [6.07, 6.45) is 5.34. The SMILES string of the molecule is CNC(Cc1cccc2ccccc12)C1CCCC1C. The van der Waals surface area contributed by atoms with Gasteiger partial charge in [-0.1, -0.05) is 62.2 Å². The predicted molar refractivity (Wildman–Crippen MR) is 87.0 cm³/mol. The molecule has 2 aromatic carbocycles. The molecule has 3 rings (SSSR count). The first-order valence-corrected chi connectivity index (χ1v) is 7.93. The van der Waals surface area contributed by atoms with E-state index in [4.69, 9.17) is 0 Å². The molecule has 0 saturated heterocycles. The average Bonchev–Trinajstić information content (AvgIpc) is 2.91. The summed E-state index contributed by atoms with van der Waals surface area (Å²) in [6.45, 7) is 2.42. The Morgan fingerprint density at radius 2 is 1.90 bits per heavy atom. The van der Waals surface area contributed by atoms with E-state index in [1.54, 1.807) is 0 Å². The summed E-state index contributed by atoms with van der Waals surface area (Å²) in [7, 11) is 2.13. The fourth-order valence-corrected chi connectivity index (χ4v) is 3.95. The molecule has 2 aromatic rings. The lowest BCUT2D eigenvalue weighted by Gasteiger charge is -2.27. The van der Waals surface area contributed by atoms with Gasteiger partial charge >= 0.3 is 0 Å². The minimum Gasteiger partial charge on any atom is -0.316 e. The molecule has 0 aromatic heterocycles. The van der Waals surface area contributed by atoms with Gasteiger partial charge in [-0.3, -0.25) is 0 Å². The summed E-state index contributed by atoms with van der Waals surface area (Å²) in [4.78, 5) is 0. The number of fused-ring (bicyclic) bond motifs is 1. The highest BCUT2D eigenvalue weighted by molar-refractivity contribution is 5.85. The highest BCUT2D eigenvalue weighted by atomic mass is 14.9. The van der Waals surface area contributed by atoms with Crippen molar-refractivity contribution in [2.24, 2.45) is 11.8 Å². The van der Waals surface area contributed by atoms with Crippen LogP contribution in [0, 0.1) is 11.8 Å². The molecule has 1 fully saturated rings. The molecule has 0 spiro atoms. The topological polar surface area (TPSA) is 12.0 Å². The monoisotopic (exact) mass is 267 g/mol. The van der Waals surface area contributed by atoms with Crippen molar-refractivity contribution in [1.82, 2.24) is 5.32 Å². The summed E-state index contributed by atoms with van der Waals surface area (Å²) < 4.78 is 0. The molecule has 106 valence electrons. The van der Waals surface area contributed by atoms with Crippen molar-refractivity contribution < 1.29 is 0 Å². The predicted octanol–water partition coefficient (Wildman–Crippen LogP) is 4.41. The molecule has 3 atom stereocenters. The van der Waals surface area contributed by atoms with E-state index in [2.05, 4.69) is 61.8 Å². The molecule has 1 nitrogen and oxygen atoms in total. The first-order valence-electron chi connectivity index (χ1n) is 7.93. The third kappa shape index (κ3) is 2.60. The zero-order valence-corrected chi connectivity index (χ0v) is 12.6. The van der Waals surface area contributed by atoms with Crippen LogP contribution < -0.4 is 5.32 Å². The van der Waals surface area contributed by atoms with Gasteiger partial charge in [0.2, 0.25) is 0 Å². The normalized spacial score (nSPS) is 24.1. The molecule has 0 amide bonds. The molecule has 3 unspecified atom stereocenters. The van der Waals surface area contributed by atoms with Crippen LogP contribution in [0.25, 0.3) is 10.8 Å². The molecular weight excluding hydrogens is 242 g/mol. The Labute approximate surface area is 122 Å². The smallest absolute Gasteiger partial charge is 0.0135 e. The minimum absolute atomic E-state index is 0.610. The Bertz CT molecular complexity index is 569. The van der Waals surface area contributed by atoms with Crippen LogP contribution in [0.5, 0.6) is 0 Å². The summed E-state index contributed by atoms with van der Waals surface area (Å²) in [6, 6.07) is 16.1. The molecule has 0 heterocycles. The number of benzene rings is 2. The number of hydrogen-bond donors (Lipinski definition) is 1. The Hall–Kier alpha value is -1.34. The largest absolute Gasteiger partial charge is 0.316 e. The zero-order chi connectivity index (χ0) is 13.9. The van der Waals surface area contributed by atoms with Crippen LogP contribution in [0.15, 0.2) is 42.5 Å². The lowest BCUT2D eigenvalue weighted by molar-refractivity contribution is 0.308. The van der Waals surface area contributed by atoms with Crippen molar-refractivity contribution in [3.8, 4) is 0 Å². The van der Waals surface area contributed by atoms with Crippen LogP contribution >= 0.6 is 0 Å². The van der Waals surface area contributed by atoms with Crippen molar-refractivity contribution in [3.05, 3.63) is 48.0 Å². The van der Waals surface area contributed by atoms with Crippen molar-refractivity contribution >= 4 is 10.8 Å². The molecule has 1 saturated carbocycles. The van der Waals surface area contributed by atoms with Crippen LogP contribution in [0.4, 0.5) is 0 Å². The first kappa shape index (κ1) is 13.6.